The van der Waals surface area contributed by atoms with Gasteiger partial charge in [-0.2, -0.15) is 5.10 Å². The lowest BCUT2D eigenvalue weighted by Gasteiger charge is -2.06. The molecule has 1 aliphatic rings. The monoisotopic (exact) mass is 264 g/mol. The summed E-state index contributed by atoms with van der Waals surface area (Å²) in [5, 5.41) is 8.33. The maximum atomic E-state index is 11.8. The SMILES string of the molecule is O=c1[nH]nc(-c2ccc3c(c2)CCO3)c2ccccc12. The zero-order valence-corrected chi connectivity index (χ0v) is 10.7. The second-order valence-corrected chi connectivity index (χ2v) is 4.87. The van der Waals surface area contributed by atoms with Crippen LogP contribution in [0, 0.1) is 0 Å². The molecule has 0 spiro atoms. The summed E-state index contributed by atoms with van der Waals surface area (Å²) in [6.45, 7) is 0.735. The van der Waals surface area contributed by atoms with Gasteiger partial charge in [0.2, 0.25) is 0 Å². The second-order valence-electron chi connectivity index (χ2n) is 4.87. The third kappa shape index (κ3) is 1.61. The Morgan fingerprint density at radius 3 is 2.85 bits per heavy atom. The minimum absolute atomic E-state index is 0.158. The van der Waals surface area contributed by atoms with Crippen LogP contribution in [0.15, 0.2) is 47.3 Å². The Morgan fingerprint density at radius 2 is 1.95 bits per heavy atom. The lowest BCUT2D eigenvalue weighted by molar-refractivity contribution is 0.357. The molecule has 20 heavy (non-hydrogen) atoms. The molecule has 2 aromatic carbocycles. The van der Waals surface area contributed by atoms with Gasteiger partial charge in [0.15, 0.2) is 0 Å². The molecule has 1 aliphatic heterocycles. The zero-order valence-electron chi connectivity index (χ0n) is 10.7. The maximum Gasteiger partial charge on any atom is 0.272 e. The Labute approximate surface area is 115 Å². The van der Waals surface area contributed by atoms with E-state index in [-0.39, 0.29) is 5.56 Å². The Kier molecular flexibility index (Phi) is 2.36. The number of H-pyrrole nitrogens is 1. The van der Waals surface area contributed by atoms with Gasteiger partial charge in [0.05, 0.1) is 17.7 Å². The highest BCUT2D eigenvalue weighted by molar-refractivity contribution is 5.93. The van der Waals surface area contributed by atoms with Gasteiger partial charge in [0, 0.05) is 17.4 Å². The first-order valence-corrected chi connectivity index (χ1v) is 6.56. The summed E-state index contributed by atoms with van der Waals surface area (Å²) in [5.74, 6) is 0.947. The standard InChI is InChI=1S/C16H12N2O2/c19-16-13-4-2-1-3-12(13)15(17-18-16)11-5-6-14-10(9-11)7-8-20-14/h1-6,9H,7-8H2,(H,18,19). The second kappa shape index (κ2) is 4.20. The molecule has 0 saturated heterocycles. The van der Waals surface area contributed by atoms with Crippen LogP contribution in [-0.4, -0.2) is 16.8 Å². The average molecular weight is 264 g/mol. The van der Waals surface area contributed by atoms with Crippen LogP contribution in [0.3, 0.4) is 0 Å². The smallest absolute Gasteiger partial charge is 0.272 e. The number of hydrogen-bond acceptors (Lipinski definition) is 3. The molecule has 0 atom stereocenters. The van der Waals surface area contributed by atoms with E-state index in [1.54, 1.807) is 0 Å². The van der Waals surface area contributed by atoms with Crippen LogP contribution < -0.4 is 10.3 Å². The predicted octanol–water partition coefficient (Wildman–Crippen LogP) is 2.53. The highest BCUT2D eigenvalue weighted by Crippen LogP contribution is 2.31. The van der Waals surface area contributed by atoms with E-state index < -0.39 is 0 Å². The summed E-state index contributed by atoms with van der Waals surface area (Å²) in [6.07, 6.45) is 0.921. The normalized spacial score (nSPS) is 13.2. The van der Waals surface area contributed by atoms with Crippen molar-refractivity contribution in [3.63, 3.8) is 0 Å². The average Bonchev–Trinajstić information content (AvgIpc) is 2.95. The zero-order chi connectivity index (χ0) is 13.5. The van der Waals surface area contributed by atoms with Gasteiger partial charge in [-0.15, -0.1) is 0 Å². The van der Waals surface area contributed by atoms with Gasteiger partial charge < -0.3 is 4.74 Å². The Hall–Kier alpha value is -2.62. The van der Waals surface area contributed by atoms with Crippen LogP contribution in [0.4, 0.5) is 0 Å². The van der Waals surface area contributed by atoms with E-state index in [2.05, 4.69) is 16.3 Å². The van der Waals surface area contributed by atoms with Gasteiger partial charge in [0.25, 0.3) is 5.56 Å². The van der Waals surface area contributed by atoms with Gasteiger partial charge in [-0.3, -0.25) is 4.79 Å². The summed E-state index contributed by atoms with van der Waals surface area (Å²) in [7, 11) is 0. The molecule has 1 aromatic heterocycles. The van der Waals surface area contributed by atoms with Gasteiger partial charge in [-0.05, 0) is 29.8 Å². The molecule has 3 aromatic rings. The number of hydrogen-bond donors (Lipinski definition) is 1. The molecule has 4 rings (SSSR count). The maximum absolute atomic E-state index is 11.8. The largest absolute Gasteiger partial charge is 0.493 e. The number of rotatable bonds is 1. The van der Waals surface area contributed by atoms with Crippen LogP contribution in [0.5, 0.6) is 5.75 Å². The predicted molar refractivity (Wildman–Crippen MR) is 77.0 cm³/mol. The fourth-order valence-corrected chi connectivity index (χ4v) is 2.67. The number of ether oxygens (including phenoxy) is 1. The third-order valence-corrected chi connectivity index (χ3v) is 3.66. The first kappa shape index (κ1) is 11.2. The first-order chi connectivity index (χ1) is 9.83. The Morgan fingerprint density at radius 1 is 1.10 bits per heavy atom. The first-order valence-electron chi connectivity index (χ1n) is 6.56. The van der Waals surface area contributed by atoms with Crippen LogP contribution in [0.2, 0.25) is 0 Å². The molecule has 0 unspecified atom stereocenters. The van der Waals surface area contributed by atoms with E-state index in [1.165, 1.54) is 5.56 Å². The van der Waals surface area contributed by atoms with Crippen molar-refractivity contribution in [2.45, 2.75) is 6.42 Å². The Balaban J connectivity index is 1.99. The van der Waals surface area contributed by atoms with E-state index in [1.807, 2.05) is 36.4 Å². The summed E-state index contributed by atoms with van der Waals surface area (Å²) in [4.78, 5) is 11.8. The number of aromatic amines is 1. The molecule has 1 N–H and O–H groups in total. The Bertz CT molecular complexity index is 868. The molecular formula is C16H12N2O2. The van der Waals surface area contributed by atoms with E-state index >= 15 is 0 Å². The van der Waals surface area contributed by atoms with Crippen molar-refractivity contribution < 1.29 is 4.74 Å². The number of nitrogens with zero attached hydrogens (tertiary/aromatic N) is 1. The lowest BCUT2D eigenvalue weighted by Crippen LogP contribution is -2.09. The lowest BCUT2D eigenvalue weighted by atomic mass is 10.0. The van der Waals surface area contributed by atoms with Crippen molar-refractivity contribution in [1.29, 1.82) is 0 Å². The molecule has 0 fully saturated rings. The number of nitrogens with one attached hydrogen (secondary N) is 1. The summed E-state index contributed by atoms with van der Waals surface area (Å²) in [5.41, 5.74) is 2.84. The number of benzene rings is 2. The van der Waals surface area contributed by atoms with Gasteiger partial charge in [0.1, 0.15) is 5.75 Å². The summed E-state index contributed by atoms with van der Waals surface area (Å²) >= 11 is 0. The number of aromatic nitrogens is 2. The van der Waals surface area contributed by atoms with Gasteiger partial charge in [-0.25, -0.2) is 5.10 Å². The van der Waals surface area contributed by atoms with Crippen molar-refractivity contribution in [2.24, 2.45) is 0 Å². The highest BCUT2D eigenvalue weighted by atomic mass is 16.5. The van der Waals surface area contributed by atoms with Gasteiger partial charge >= 0.3 is 0 Å². The highest BCUT2D eigenvalue weighted by Gasteiger charge is 2.15. The van der Waals surface area contributed by atoms with E-state index in [9.17, 15) is 4.79 Å². The minimum atomic E-state index is -0.158. The van der Waals surface area contributed by atoms with Crippen LogP contribution in [-0.2, 0) is 6.42 Å². The summed E-state index contributed by atoms with van der Waals surface area (Å²) < 4.78 is 5.52. The van der Waals surface area contributed by atoms with Crippen molar-refractivity contribution in [3.05, 3.63) is 58.4 Å². The van der Waals surface area contributed by atoms with Crippen molar-refractivity contribution in [3.8, 4) is 17.0 Å². The molecule has 0 aliphatic carbocycles. The fourth-order valence-electron chi connectivity index (χ4n) is 2.67. The molecule has 0 amide bonds. The van der Waals surface area contributed by atoms with Crippen molar-refractivity contribution >= 4 is 10.8 Å². The molecule has 4 heteroatoms. The van der Waals surface area contributed by atoms with E-state index in [0.29, 0.717) is 5.39 Å². The van der Waals surface area contributed by atoms with E-state index in [4.69, 9.17) is 4.74 Å². The fraction of sp³-hybridized carbons (Fsp3) is 0.125. The molecule has 0 saturated carbocycles. The van der Waals surface area contributed by atoms with Crippen molar-refractivity contribution in [1.82, 2.24) is 10.2 Å². The molecule has 98 valence electrons. The van der Waals surface area contributed by atoms with Crippen LogP contribution in [0.1, 0.15) is 5.56 Å². The van der Waals surface area contributed by atoms with Crippen LogP contribution >= 0.6 is 0 Å². The molecular weight excluding hydrogens is 252 g/mol. The third-order valence-electron chi connectivity index (χ3n) is 3.66. The quantitative estimate of drug-likeness (QED) is 0.734. The topological polar surface area (TPSA) is 55.0 Å². The van der Waals surface area contributed by atoms with Crippen molar-refractivity contribution in [2.75, 3.05) is 6.61 Å². The minimum Gasteiger partial charge on any atom is -0.493 e. The molecule has 2 heterocycles. The van der Waals surface area contributed by atoms with Gasteiger partial charge in [-0.1, -0.05) is 18.2 Å². The molecule has 4 nitrogen and oxygen atoms in total. The molecule has 0 bridgehead atoms. The van der Waals surface area contributed by atoms with E-state index in [0.717, 1.165) is 35.4 Å². The summed E-state index contributed by atoms with van der Waals surface area (Å²) in [6, 6.07) is 13.6. The number of fused-ring (bicyclic) bond motifs is 2. The van der Waals surface area contributed by atoms with Crippen LogP contribution in [0.25, 0.3) is 22.0 Å². The molecule has 0 radical (unpaired) electrons.